The topological polar surface area (TPSA) is 87.7 Å². The predicted molar refractivity (Wildman–Crippen MR) is 131 cm³/mol. The van der Waals surface area contributed by atoms with Crippen molar-refractivity contribution in [3.8, 4) is 5.75 Å². The van der Waals surface area contributed by atoms with E-state index in [1.165, 1.54) is 23.1 Å². The Morgan fingerprint density at radius 1 is 0.946 bits per heavy atom. The number of ether oxygens (including phenoxy) is 1. The first-order valence-electron chi connectivity index (χ1n) is 11.7. The molecule has 0 atom stereocenters. The molecule has 37 heavy (non-hydrogen) atoms. The molecular weight excluding hydrogens is 487 g/mol. The largest absolute Gasteiger partial charge is 0.497 e. The number of alkyl halides is 3. The Balaban J connectivity index is 1.28. The molecule has 1 aliphatic rings. The smallest absolute Gasteiger partial charge is 0.417 e. The van der Waals surface area contributed by atoms with Gasteiger partial charge in [-0.3, -0.25) is 9.59 Å². The van der Waals surface area contributed by atoms with Crippen LogP contribution in [0.5, 0.6) is 5.75 Å². The van der Waals surface area contributed by atoms with Crippen LogP contribution in [0.1, 0.15) is 32.0 Å². The Kier molecular flexibility index (Phi) is 7.90. The summed E-state index contributed by atoms with van der Waals surface area (Å²) in [6.07, 6.45) is -3.95. The number of benzene rings is 2. The highest BCUT2D eigenvalue weighted by atomic mass is 19.4. The second-order valence-electron chi connectivity index (χ2n) is 8.45. The van der Waals surface area contributed by atoms with Crippen molar-refractivity contribution in [2.24, 2.45) is 0 Å². The highest BCUT2D eigenvalue weighted by Gasteiger charge is 2.36. The summed E-state index contributed by atoms with van der Waals surface area (Å²) in [5.41, 5.74) is -0.0603. The second-order valence-corrected chi connectivity index (χ2v) is 8.45. The van der Waals surface area contributed by atoms with Gasteiger partial charge in [0.2, 0.25) is 0 Å². The van der Waals surface area contributed by atoms with Gasteiger partial charge in [-0.05, 0) is 48.4 Å². The van der Waals surface area contributed by atoms with Crippen LogP contribution in [-0.4, -0.2) is 66.7 Å². The fourth-order valence-electron chi connectivity index (χ4n) is 4.04. The SMILES string of the molecule is COc1ccc(CCNC(=O)c2ccc(N3CCN(C(=O)c4ccccc4C(F)(F)F)CC3)nn2)cc1. The van der Waals surface area contributed by atoms with Crippen molar-refractivity contribution in [3.05, 3.63) is 83.0 Å². The molecule has 0 aliphatic carbocycles. The summed E-state index contributed by atoms with van der Waals surface area (Å²) in [4.78, 5) is 28.4. The van der Waals surface area contributed by atoms with Crippen LogP contribution in [0.25, 0.3) is 0 Å². The lowest BCUT2D eigenvalue weighted by molar-refractivity contribution is -0.138. The molecule has 2 aromatic carbocycles. The van der Waals surface area contributed by atoms with E-state index >= 15 is 0 Å². The molecule has 0 spiro atoms. The summed E-state index contributed by atoms with van der Waals surface area (Å²) in [6, 6.07) is 15.6. The van der Waals surface area contributed by atoms with Crippen LogP contribution in [0.2, 0.25) is 0 Å². The normalized spacial score (nSPS) is 13.8. The van der Waals surface area contributed by atoms with Crippen molar-refractivity contribution in [2.75, 3.05) is 44.7 Å². The molecule has 2 heterocycles. The van der Waals surface area contributed by atoms with Gasteiger partial charge >= 0.3 is 6.18 Å². The highest BCUT2D eigenvalue weighted by molar-refractivity contribution is 5.96. The van der Waals surface area contributed by atoms with Gasteiger partial charge in [0, 0.05) is 32.7 Å². The summed E-state index contributed by atoms with van der Waals surface area (Å²) in [7, 11) is 1.60. The standard InChI is InChI=1S/C26H26F3N5O3/c1-37-19-8-6-18(7-9-19)12-13-30-24(35)22-10-11-23(32-31-22)33-14-16-34(17-15-33)25(36)20-4-2-3-5-21(20)26(27,28)29/h2-11H,12-17H2,1H3,(H,30,35). The third kappa shape index (κ3) is 6.35. The Hall–Kier alpha value is -4.15. The van der Waals surface area contributed by atoms with Crippen molar-refractivity contribution < 1.29 is 27.5 Å². The molecule has 0 unspecified atom stereocenters. The number of amides is 2. The van der Waals surface area contributed by atoms with Crippen LogP contribution < -0.4 is 15.0 Å². The zero-order valence-electron chi connectivity index (χ0n) is 20.2. The third-order valence-electron chi connectivity index (χ3n) is 6.10. The quantitative estimate of drug-likeness (QED) is 0.521. The maximum absolute atomic E-state index is 13.3. The molecule has 1 aliphatic heterocycles. The molecule has 11 heteroatoms. The van der Waals surface area contributed by atoms with Gasteiger partial charge in [0.25, 0.3) is 11.8 Å². The highest BCUT2D eigenvalue weighted by Crippen LogP contribution is 2.32. The van der Waals surface area contributed by atoms with Crippen LogP contribution in [0, 0.1) is 0 Å². The maximum atomic E-state index is 13.3. The predicted octanol–water partition coefficient (Wildman–Crippen LogP) is 3.44. The number of rotatable bonds is 7. The average Bonchev–Trinajstić information content (AvgIpc) is 2.92. The Morgan fingerprint density at radius 3 is 2.27 bits per heavy atom. The van der Waals surface area contributed by atoms with Crippen molar-refractivity contribution in [1.29, 1.82) is 0 Å². The lowest BCUT2D eigenvalue weighted by atomic mass is 10.1. The number of anilines is 1. The van der Waals surface area contributed by atoms with Crippen LogP contribution in [-0.2, 0) is 12.6 Å². The molecule has 2 amide bonds. The Bertz CT molecular complexity index is 1230. The number of methoxy groups -OCH3 is 1. The number of aromatic nitrogens is 2. The summed E-state index contributed by atoms with van der Waals surface area (Å²) < 4.78 is 45.0. The number of nitrogens with zero attached hydrogens (tertiary/aromatic N) is 4. The van der Waals surface area contributed by atoms with E-state index in [1.54, 1.807) is 19.2 Å². The number of halogens is 3. The lowest BCUT2D eigenvalue weighted by Crippen LogP contribution is -2.49. The van der Waals surface area contributed by atoms with E-state index in [2.05, 4.69) is 15.5 Å². The minimum atomic E-state index is -4.60. The number of carbonyl (C=O) groups is 2. The second kappa shape index (κ2) is 11.3. The number of hydrogen-bond donors (Lipinski definition) is 1. The van der Waals surface area contributed by atoms with Gasteiger partial charge in [-0.2, -0.15) is 13.2 Å². The molecule has 1 aromatic heterocycles. The molecule has 3 aromatic rings. The fourth-order valence-corrected chi connectivity index (χ4v) is 4.04. The molecule has 0 radical (unpaired) electrons. The van der Waals surface area contributed by atoms with Gasteiger partial charge in [0.1, 0.15) is 5.75 Å². The van der Waals surface area contributed by atoms with E-state index < -0.39 is 17.6 Å². The number of nitrogens with one attached hydrogen (secondary N) is 1. The van der Waals surface area contributed by atoms with Crippen molar-refractivity contribution in [2.45, 2.75) is 12.6 Å². The lowest BCUT2D eigenvalue weighted by Gasteiger charge is -2.35. The van der Waals surface area contributed by atoms with Gasteiger partial charge in [-0.25, -0.2) is 0 Å². The number of hydrogen-bond acceptors (Lipinski definition) is 6. The molecule has 1 fully saturated rings. The van der Waals surface area contributed by atoms with Gasteiger partial charge < -0.3 is 19.9 Å². The van der Waals surface area contributed by atoms with Crippen LogP contribution in [0.15, 0.2) is 60.7 Å². The fraction of sp³-hybridized carbons (Fsp3) is 0.308. The summed E-state index contributed by atoms with van der Waals surface area (Å²) >= 11 is 0. The third-order valence-corrected chi connectivity index (χ3v) is 6.10. The van der Waals surface area contributed by atoms with Gasteiger partial charge in [0.15, 0.2) is 11.5 Å². The van der Waals surface area contributed by atoms with E-state index in [9.17, 15) is 22.8 Å². The van der Waals surface area contributed by atoms with Gasteiger partial charge in [-0.15, -0.1) is 10.2 Å². The first-order valence-corrected chi connectivity index (χ1v) is 11.7. The van der Waals surface area contributed by atoms with E-state index in [1.807, 2.05) is 29.2 Å². The first kappa shape index (κ1) is 25.9. The van der Waals surface area contributed by atoms with Crippen LogP contribution in [0.4, 0.5) is 19.0 Å². The molecular formula is C26H26F3N5O3. The molecule has 4 rings (SSSR count). The van der Waals surface area contributed by atoms with Crippen molar-refractivity contribution in [1.82, 2.24) is 20.4 Å². The maximum Gasteiger partial charge on any atom is 0.417 e. The molecule has 8 nitrogen and oxygen atoms in total. The molecule has 0 bridgehead atoms. The van der Waals surface area contributed by atoms with Gasteiger partial charge in [-0.1, -0.05) is 24.3 Å². The minimum absolute atomic E-state index is 0.177. The molecule has 194 valence electrons. The summed E-state index contributed by atoms with van der Waals surface area (Å²) in [5.74, 6) is 0.298. The zero-order chi connectivity index (χ0) is 26.4. The number of piperazine rings is 1. The van der Waals surface area contributed by atoms with Gasteiger partial charge in [0.05, 0.1) is 18.2 Å². The van der Waals surface area contributed by atoms with E-state index in [0.29, 0.717) is 31.9 Å². The first-order chi connectivity index (χ1) is 17.8. The van der Waals surface area contributed by atoms with Crippen LogP contribution >= 0.6 is 0 Å². The van der Waals surface area contributed by atoms with E-state index in [4.69, 9.17) is 4.74 Å². The monoisotopic (exact) mass is 513 g/mol. The van der Waals surface area contributed by atoms with Crippen LogP contribution in [0.3, 0.4) is 0 Å². The summed E-state index contributed by atoms with van der Waals surface area (Å²) in [6.45, 7) is 1.66. The Labute approximate surface area is 212 Å². The molecule has 1 saturated heterocycles. The zero-order valence-corrected chi connectivity index (χ0v) is 20.2. The molecule has 0 saturated carbocycles. The minimum Gasteiger partial charge on any atom is -0.497 e. The summed E-state index contributed by atoms with van der Waals surface area (Å²) in [5, 5.41) is 11.0. The Morgan fingerprint density at radius 2 is 1.65 bits per heavy atom. The number of carbonyl (C=O) groups excluding carboxylic acids is 2. The molecule has 1 N–H and O–H groups in total. The van der Waals surface area contributed by atoms with E-state index in [0.717, 1.165) is 17.4 Å². The van der Waals surface area contributed by atoms with Crippen molar-refractivity contribution in [3.63, 3.8) is 0 Å². The average molecular weight is 514 g/mol. The van der Waals surface area contributed by atoms with E-state index in [-0.39, 0.29) is 30.3 Å². The van der Waals surface area contributed by atoms with Crippen molar-refractivity contribution >= 4 is 17.6 Å².